The van der Waals surface area contributed by atoms with E-state index in [0.29, 0.717) is 16.1 Å². The van der Waals surface area contributed by atoms with Gasteiger partial charge in [-0.25, -0.2) is 0 Å². The predicted octanol–water partition coefficient (Wildman–Crippen LogP) is 5.49. The third-order valence-corrected chi connectivity index (χ3v) is 5.16. The molecule has 0 fully saturated rings. The summed E-state index contributed by atoms with van der Waals surface area (Å²) in [7, 11) is 0. The fourth-order valence-corrected chi connectivity index (χ4v) is 3.37. The van der Waals surface area contributed by atoms with Crippen LogP contribution in [0.2, 0.25) is 5.02 Å². The van der Waals surface area contributed by atoms with E-state index in [9.17, 15) is 4.79 Å². The lowest BCUT2D eigenvalue weighted by Gasteiger charge is -2.08. The summed E-state index contributed by atoms with van der Waals surface area (Å²) in [4.78, 5) is 12.7. The molecule has 1 heterocycles. The predicted molar refractivity (Wildman–Crippen MR) is 105 cm³/mol. The zero-order valence-electron chi connectivity index (χ0n) is 14.7. The first-order valence-electron chi connectivity index (χ1n) is 8.48. The van der Waals surface area contributed by atoms with Gasteiger partial charge in [0.2, 0.25) is 5.89 Å². The molecule has 0 saturated heterocycles. The van der Waals surface area contributed by atoms with Crippen molar-refractivity contribution in [3.8, 4) is 11.5 Å². The van der Waals surface area contributed by atoms with E-state index in [-0.39, 0.29) is 11.5 Å². The van der Waals surface area contributed by atoms with E-state index in [2.05, 4.69) is 30.1 Å². The Balaban J connectivity index is 1.70. The highest BCUT2D eigenvalue weighted by molar-refractivity contribution is 7.99. The topological polar surface area (TPSA) is 56.0 Å². The number of thioether (sulfide) groups is 1. The van der Waals surface area contributed by atoms with Crippen LogP contribution in [0.15, 0.2) is 52.1 Å². The minimum Gasteiger partial charge on any atom is -0.411 e. The molecule has 0 atom stereocenters. The molecule has 0 bridgehead atoms. The molecule has 0 N–H and O–H groups in total. The van der Waals surface area contributed by atoms with Gasteiger partial charge in [-0.05, 0) is 54.3 Å². The molecule has 3 aromatic rings. The minimum absolute atomic E-state index is 0.0772. The molecular weight excluding hydrogens is 368 g/mol. The Morgan fingerprint density at radius 1 is 1.08 bits per heavy atom. The van der Waals surface area contributed by atoms with Crippen molar-refractivity contribution in [3.05, 3.63) is 64.2 Å². The standard InChI is InChI=1S/C20H19ClN2O2S/c1-3-13-5-6-14(4-2)17(11-13)18(24)12-26-20-23-22-19(25-20)15-7-9-16(21)10-8-15/h5-11H,3-4,12H2,1-2H3. The summed E-state index contributed by atoms with van der Waals surface area (Å²) in [6.45, 7) is 4.14. The van der Waals surface area contributed by atoms with Gasteiger partial charge in [0, 0.05) is 16.1 Å². The van der Waals surface area contributed by atoms with Gasteiger partial charge in [-0.3, -0.25) is 4.79 Å². The molecule has 3 rings (SSSR count). The van der Waals surface area contributed by atoms with E-state index in [1.54, 1.807) is 12.1 Å². The Labute approximate surface area is 162 Å². The highest BCUT2D eigenvalue weighted by Crippen LogP contribution is 2.25. The first-order valence-corrected chi connectivity index (χ1v) is 9.84. The van der Waals surface area contributed by atoms with Crippen LogP contribution in [-0.4, -0.2) is 21.7 Å². The quantitative estimate of drug-likeness (QED) is 0.397. The summed E-state index contributed by atoms with van der Waals surface area (Å²) in [6.07, 6.45) is 1.74. The van der Waals surface area contributed by atoms with Crippen molar-refractivity contribution in [2.75, 3.05) is 5.75 Å². The first-order chi connectivity index (χ1) is 12.6. The van der Waals surface area contributed by atoms with Gasteiger partial charge < -0.3 is 4.42 Å². The summed E-state index contributed by atoms with van der Waals surface area (Å²) >= 11 is 7.14. The fourth-order valence-electron chi connectivity index (χ4n) is 2.59. The molecule has 0 unspecified atom stereocenters. The number of nitrogens with zero attached hydrogens (tertiary/aromatic N) is 2. The van der Waals surface area contributed by atoms with Gasteiger partial charge in [0.25, 0.3) is 5.22 Å². The molecule has 0 spiro atoms. The van der Waals surface area contributed by atoms with Gasteiger partial charge in [-0.2, -0.15) is 0 Å². The van der Waals surface area contributed by atoms with Gasteiger partial charge in [0.15, 0.2) is 5.78 Å². The molecule has 134 valence electrons. The smallest absolute Gasteiger partial charge is 0.277 e. The van der Waals surface area contributed by atoms with Gasteiger partial charge in [-0.1, -0.05) is 49.3 Å². The Bertz CT molecular complexity index is 906. The third kappa shape index (κ3) is 4.34. The van der Waals surface area contributed by atoms with Gasteiger partial charge in [0.05, 0.1) is 5.75 Å². The second-order valence-electron chi connectivity index (χ2n) is 5.79. The average Bonchev–Trinajstić information content (AvgIpc) is 3.15. The van der Waals surface area contributed by atoms with Crippen molar-refractivity contribution in [2.45, 2.75) is 31.9 Å². The molecule has 1 aromatic heterocycles. The van der Waals surface area contributed by atoms with Crippen molar-refractivity contribution >= 4 is 29.1 Å². The maximum absolute atomic E-state index is 12.7. The van der Waals surface area contributed by atoms with Crippen LogP contribution in [0.25, 0.3) is 11.5 Å². The SMILES string of the molecule is CCc1ccc(CC)c(C(=O)CSc2nnc(-c3ccc(Cl)cc3)o2)c1. The van der Waals surface area contributed by atoms with Crippen LogP contribution in [0.1, 0.15) is 35.3 Å². The molecule has 2 aromatic carbocycles. The highest BCUT2D eigenvalue weighted by Gasteiger charge is 2.15. The lowest BCUT2D eigenvalue weighted by atomic mass is 9.98. The Morgan fingerprint density at radius 2 is 1.85 bits per heavy atom. The number of aryl methyl sites for hydroxylation is 2. The van der Waals surface area contributed by atoms with Crippen molar-refractivity contribution in [2.24, 2.45) is 0 Å². The van der Waals surface area contributed by atoms with Crippen LogP contribution in [0.4, 0.5) is 0 Å². The number of Topliss-reactive ketones (excluding diaryl/α,β-unsaturated/α-hetero) is 1. The van der Waals surface area contributed by atoms with Crippen molar-refractivity contribution in [1.82, 2.24) is 10.2 Å². The van der Waals surface area contributed by atoms with Gasteiger partial charge in [-0.15, -0.1) is 10.2 Å². The Kier molecular flexibility index (Phi) is 6.12. The zero-order chi connectivity index (χ0) is 18.5. The maximum Gasteiger partial charge on any atom is 0.277 e. The van der Waals surface area contributed by atoms with Crippen LogP contribution < -0.4 is 0 Å². The summed E-state index contributed by atoms with van der Waals surface area (Å²) in [5.41, 5.74) is 3.82. The fraction of sp³-hybridized carbons (Fsp3) is 0.250. The second-order valence-corrected chi connectivity index (χ2v) is 7.15. The average molecular weight is 387 g/mol. The van der Waals surface area contributed by atoms with Crippen LogP contribution in [-0.2, 0) is 12.8 Å². The van der Waals surface area contributed by atoms with E-state index in [1.165, 1.54) is 17.3 Å². The molecule has 0 amide bonds. The van der Waals surface area contributed by atoms with E-state index >= 15 is 0 Å². The summed E-state index contributed by atoms with van der Waals surface area (Å²) in [6, 6.07) is 13.3. The number of hydrogen-bond acceptors (Lipinski definition) is 5. The van der Waals surface area contributed by atoms with Crippen LogP contribution in [0.3, 0.4) is 0 Å². The number of ketones is 1. The molecule has 0 aliphatic rings. The molecule has 0 aliphatic carbocycles. The highest BCUT2D eigenvalue weighted by atomic mass is 35.5. The van der Waals surface area contributed by atoms with E-state index in [4.69, 9.17) is 16.0 Å². The van der Waals surface area contributed by atoms with E-state index in [1.807, 2.05) is 24.3 Å². The first kappa shape index (κ1) is 18.7. The van der Waals surface area contributed by atoms with E-state index < -0.39 is 0 Å². The number of hydrogen-bond donors (Lipinski definition) is 0. The second kappa shape index (κ2) is 8.52. The lowest BCUT2D eigenvalue weighted by Crippen LogP contribution is -2.07. The molecule has 0 radical (unpaired) electrons. The molecule has 0 aliphatic heterocycles. The summed E-state index contributed by atoms with van der Waals surface area (Å²) in [5.74, 6) is 0.759. The lowest BCUT2D eigenvalue weighted by molar-refractivity contribution is 0.102. The minimum atomic E-state index is 0.0772. The summed E-state index contributed by atoms with van der Waals surface area (Å²) < 4.78 is 5.64. The molecule has 4 nitrogen and oxygen atoms in total. The number of rotatable bonds is 7. The molecule has 6 heteroatoms. The van der Waals surface area contributed by atoms with Gasteiger partial charge >= 0.3 is 0 Å². The normalized spacial score (nSPS) is 10.9. The van der Waals surface area contributed by atoms with Gasteiger partial charge in [0.1, 0.15) is 0 Å². The van der Waals surface area contributed by atoms with Crippen LogP contribution in [0, 0.1) is 0 Å². The molecule has 26 heavy (non-hydrogen) atoms. The number of halogens is 1. The monoisotopic (exact) mass is 386 g/mol. The molecule has 0 saturated carbocycles. The number of carbonyl (C=O) groups excluding carboxylic acids is 1. The van der Waals surface area contributed by atoms with Crippen LogP contribution in [0.5, 0.6) is 0 Å². The largest absolute Gasteiger partial charge is 0.411 e. The third-order valence-electron chi connectivity index (χ3n) is 4.09. The number of benzene rings is 2. The Morgan fingerprint density at radius 3 is 2.54 bits per heavy atom. The zero-order valence-corrected chi connectivity index (χ0v) is 16.2. The number of carbonyl (C=O) groups is 1. The summed E-state index contributed by atoms with van der Waals surface area (Å²) in [5, 5.41) is 9.08. The Hall–Kier alpha value is -2.11. The number of aromatic nitrogens is 2. The van der Waals surface area contributed by atoms with Crippen LogP contribution >= 0.6 is 23.4 Å². The maximum atomic E-state index is 12.7. The van der Waals surface area contributed by atoms with Crippen molar-refractivity contribution in [3.63, 3.8) is 0 Å². The van der Waals surface area contributed by atoms with Crippen molar-refractivity contribution < 1.29 is 9.21 Å². The van der Waals surface area contributed by atoms with Crippen molar-refractivity contribution in [1.29, 1.82) is 0 Å². The van der Waals surface area contributed by atoms with E-state index in [0.717, 1.165) is 29.5 Å². The molecular formula is C20H19ClN2O2S.